The van der Waals surface area contributed by atoms with E-state index in [0.717, 1.165) is 0 Å². The fraction of sp³-hybridized carbons (Fsp3) is 0.300. The monoisotopic (exact) mass is 340 g/mol. The van der Waals surface area contributed by atoms with Crippen LogP contribution in [0, 0.1) is 5.92 Å². The zero-order valence-electron chi connectivity index (χ0n) is 14.0. The molecule has 2 aromatic carbocycles. The highest BCUT2D eigenvalue weighted by atomic mass is 16.6. The summed E-state index contributed by atoms with van der Waals surface area (Å²) in [6.45, 7) is 2.45. The quantitative estimate of drug-likeness (QED) is 0.783. The van der Waals surface area contributed by atoms with Gasteiger partial charge in [0.15, 0.2) is 0 Å². The first-order chi connectivity index (χ1) is 12.1. The van der Waals surface area contributed by atoms with Crippen LogP contribution in [0.3, 0.4) is 0 Å². The van der Waals surface area contributed by atoms with Crippen LogP contribution in [-0.4, -0.2) is 37.4 Å². The zero-order chi connectivity index (χ0) is 17.6. The van der Waals surface area contributed by atoms with E-state index in [2.05, 4.69) is 0 Å². The fourth-order valence-electron chi connectivity index (χ4n) is 2.75. The summed E-state index contributed by atoms with van der Waals surface area (Å²) >= 11 is 0. The van der Waals surface area contributed by atoms with E-state index in [1.807, 2.05) is 19.1 Å². The molecule has 0 saturated carbocycles. The number of hydrogen-bond acceptors (Lipinski definition) is 5. The summed E-state index contributed by atoms with van der Waals surface area (Å²) in [7, 11) is 0. The Kier molecular flexibility index (Phi) is 5.46. The number of esters is 2. The van der Waals surface area contributed by atoms with Crippen molar-refractivity contribution in [2.45, 2.75) is 19.1 Å². The maximum Gasteiger partial charge on any atom is 0.338 e. The summed E-state index contributed by atoms with van der Waals surface area (Å²) in [4.78, 5) is 24.3. The first kappa shape index (κ1) is 17.2. The zero-order valence-corrected chi connectivity index (χ0v) is 14.0. The van der Waals surface area contributed by atoms with Crippen LogP contribution in [0.25, 0.3) is 0 Å². The molecule has 0 radical (unpaired) electrons. The summed E-state index contributed by atoms with van der Waals surface area (Å²) in [6.07, 6.45) is -0.911. The van der Waals surface area contributed by atoms with Crippen molar-refractivity contribution in [2.24, 2.45) is 5.92 Å². The van der Waals surface area contributed by atoms with Crippen LogP contribution in [-0.2, 0) is 14.2 Å². The Morgan fingerprint density at radius 3 is 2.12 bits per heavy atom. The highest BCUT2D eigenvalue weighted by Crippen LogP contribution is 2.25. The standard InChI is InChI=1S/C20H20O5/c1-14-12-23-17(13-24-19(21)15-8-4-2-5-9-15)18(14)25-20(22)16-10-6-3-7-11-16/h2-11,14,17-18H,12-13H2,1H3/t14-,17-,18+/m1/s1. The van der Waals surface area contributed by atoms with Gasteiger partial charge in [-0.15, -0.1) is 0 Å². The largest absolute Gasteiger partial charge is 0.459 e. The van der Waals surface area contributed by atoms with Gasteiger partial charge in [-0.2, -0.15) is 0 Å². The van der Waals surface area contributed by atoms with Gasteiger partial charge in [0.25, 0.3) is 0 Å². The summed E-state index contributed by atoms with van der Waals surface area (Å²) < 4.78 is 16.6. The van der Waals surface area contributed by atoms with Gasteiger partial charge in [-0.3, -0.25) is 0 Å². The van der Waals surface area contributed by atoms with E-state index < -0.39 is 24.1 Å². The molecule has 1 aliphatic heterocycles. The topological polar surface area (TPSA) is 61.8 Å². The predicted molar refractivity (Wildman–Crippen MR) is 91.3 cm³/mol. The second kappa shape index (κ2) is 7.94. The highest BCUT2D eigenvalue weighted by molar-refractivity contribution is 5.90. The Bertz CT molecular complexity index is 713. The van der Waals surface area contributed by atoms with Crippen molar-refractivity contribution in [3.05, 3.63) is 71.8 Å². The fourth-order valence-corrected chi connectivity index (χ4v) is 2.75. The molecular formula is C20H20O5. The molecule has 0 N–H and O–H groups in total. The Labute approximate surface area is 146 Å². The number of carbonyl (C=O) groups excluding carboxylic acids is 2. The minimum atomic E-state index is -0.463. The van der Waals surface area contributed by atoms with E-state index in [1.54, 1.807) is 48.5 Å². The molecule has 1 aliphatic rings. The number of carbonyl (C=O) groups is 2. The maximum atomic E-state index is 12.3. The smallest absolute Gasteiger partial charge is 0.338 e. The van der Waals surface area contributed by atoms with Crippen LogP contribution in [0.1, 0.15) is 27.6 Å². The number of ether oxygens (including phenoxy) is 3. The Morgan fingerprint density at radius 1 is 0.960 bits per heavy atom. The van der Waals surface area contributed by atoms with Crippen molar-refractivity contribution < 1.29 is 23.8 Å². The number of rotatable bonds is 5. The van der Waals surface area contributed by atoms with Gasteiger partial charge >= 0.3 is 11.9 Å². The minimum absolute atomic E-state index is 0.0353. The third kappa shape index (κ3) is 4.25. The molecule has 5 nitrogen and oxygen atoms in total. The molecule has 0 unspecified atom stereocenters. The first-order valence-electron chi connectivity index (χ1n) is 8.25. The molecular weight excluding hydrogens is 320 g/mol. The molecule has 5 heteroatoms. The lowest BCUT2D eigenvalue weighted by molar-refractivity contribution is -0.0307. The van der Waals surface area contributed by atoms with E-state index in [9.17, 15) is 9.59 Å². The second-order valence-corrected chi connectivity index (χ2v) is 6.05. The van der Waals surface area contributed by atoms with Crippen LogP contribution in [0.15, 0.2) is 60.7 Å². The lowest BCUT2D eigenvalue weighted by Gasteiger charge is -2.21. The van der Waals surface area contributed by atoms with E-state index in [0.29, 0.717) is 17.7 Å². The van der Waals surface area contributed by atoms with Crippen molar-refractivity contribution in [3.63, 3.8) is 0 Å². The van der Waals surface area contributed by atoms with Crippen molar-refractivity contribution in [2.75, 3.05) is 13.2 Å². The summed E-state index contributed by atoms with van der Waals surface area (Å²) in [5.41, 5.74) is 0.966. The Hall–Kier alpha value is -2.66. The van der Waals surface area contributed by atoms with Crippen LogP contribution < -0.4 is 0 Å². The van der Waals surface area contributed by atoms with Gasteiger partial charge in [0, 0.05) is 5.92 Å². The van der Waals surface area contributed by atoms with Crippen LogP contribution in [0.4, 0.5) is 0 Å². The summed E-state index contributed by atoms with van der Waals surface area (Å²) in [5, 5.41) is 0. The van der Waals surface area contributed by atoms with E-state index in [-0.39, 0.29) is 12.5 Å². The van der Waals surface area contributed by atoms with Crippen LogP contribution in [0.5, 0.6) is 0 Å². The Balaban J connectivity index is 1.59. The average Bonchev–Trinajstić information content (AvgIpc) is 3.01. The molecule has 2 aromatic rings. The van der Waals surface area contributed by atoms with Crippen LogP contribution in [0.2, 0.25) is 0 Å². The van der Waals surface area contributed by atoms with Gasteiger partial charge in [-0.05, 0) is 24.3 Å². The van der Waals surface area contributed by atoms with Gasteiger partial charge in [-0.25, -0.2) is 9.59 Å². The van der Waals surface area contributed by atoms with Crippen molar-refractivity contribution in [3.8, 4) is 0 Å². The molecule has 0 amide bonds. The summed E-state index contributed by atoms with van der Waals surface area (Å²) in [5.74, 6) is -0.785. The van der Waals surface area contributed by atoms with E-state index >= 15 is 0 Å². The summed E-state index contributed by atoms with van der Waals surface area (Å²) in [6, 6.07) is 17.6. The van der Waals surface area contributed by atoms with E-state index in [1.165, 1.54) is 0 Å². The van der Waals surface area contributed by atoms with Crippen molar-refractivity contribution >= 4 is 11.9 Å². The molecule has 1 heterocycles. The van der Waals surface area contributed by atoms with Crippen molar-refractivity contribution in [1.82, 2.24) is 0 Å². The molecule has 130 valence electrons. The number of hydrogen-bond donors (Lipinski definition) is 0. The third-order valence-corrected chi connectivity index (χ3v) is 4.14. The normalized spacial score (nSPS) is 22.4. The number of benzene rings is 2. The first-order valence-corrected chi connectivity index (χ1v) is 8.25. The second-order valence-electron chi connectivity index (χ2n) is 6.05. The Morgan fingerprint density at radius 2 is 1.52 bits per heavy atom. The molecule has 0 bridgehead atoms. The molecule has 1 saturated heterocycles. The minimum Gasteiger partial charge on any atom is -0.459 e. The van der Waals surface area contributed by atoms with Gasteiger partial charge < -0.3 is 14.2 Å². The van der Waals surface area contributed by atoms with Gasteiger partial charge in [0.1, 0.15) is 18.8 Å². The van der Waals surface area contributed by atoms with E-state index in [4.69, 9.17) is 14.2 Å². The predicted octanol–water partition coefficient (Wildman–Crippen LogP) is 3.10. The average molecular weight is 340 g/mol. The molecule has 0 aliphatic carbocycles. The highest BCUT2D eigenvalue weighted by Gasteiger charge is 2.38. The molecule has 3 atom stereocenters. The SMILES string of the molecule is C[C@@H]1CO[C@H](COC(=O)c2ccccc2)[C@H]1OC(=O)c1ccccc1. The molecule has 25 heavy (non-hydrogen) atoms. The van der Waals surface area contributed by atoms with Crippen molar-refractivity contribution in [1.29, 1.82) is 0 Å². The molecule has 1 fully saturated rings. The van der Waals surface area contributed by atoms with Crippen LogP contribution >= 0.6 is 0 Å². The maximum absolute atomic E-state index is 12.3. The van der Waals surface area contributed by atoms with Gasteiger partial charge in [-0.1, -0.05) is 43.3 Å². The molecule has 0 spiro atoms. The lowest BCUT2D eigenvalue weighted by atomic mass is 10.0. The molecule has 3 rings (SSSR count). The lowest BCUT2D eigenvalue weighted by Crippen LogP contribution is -2.35. The van der Waals surface area contributed by atoms with Gasteiger partial charge in [0.2, 0.25) is 0 Å². The third-order valence-electron chi connectivity index (χ3n) is 4.14. The van der Waals surface area contributed by atoms with Gasteiger partial charge in [0.05, 0.1) is 17.7 Å². The molecule has 0 aromatic heterocycles.